The predicted molar refractivity (Wildman–Crippen MR) is 108 cm³/mol. The van der Waals surface area contributed by atoms with Crippen LogP contribution in [-0.2, 0) is 6.54 Å². The van der Waals surface area contributed by atoms with Gasteiger partial charge in [-0.1, -0.05) is 60.7 Å². The molecule has 1 aliphatic heterocycles. The van der Waals surface area contributed by atoms with E-state index >= 15 is 0 Å². The summed E-state index contributed by atoms with van der Waals surface area (Å²) in [5.74, 6) is 1.03. The topological polar surface area (TPSA) is 57.9 Å². The van der Waals surface area contributed by atoms with Crippen molar-refractivity contribution in [1.29, 1.82) is 0 Å². The lowest BCUT2D eigenvalue weighted by atomic mass is 9.89. The Morgan fingerprint density at radius 3 is 2.38 bits per heavy atom. The molecule has 0 spiro atoms. The molecule has 1 fully saturated rings. The van der Waals surface area contributed by atoms with Gasteiger partial charge in [-0.15, -0.1) is 12.4 Å². The van der Waals surface area contributed by atoms with Gasteiger partial charge in [-0.3, -0.25) is 10.00 Å². The monoisotopic (exact) mass is 368 g/mol. The largest absolute Gasteiger partial charge is 0.330 e. The normalized spacial score (nSPS) is 20.0. The zero-order chi connectivity index (χ0) is 17.1. The van der Waals surface area contributed by atoms with Crippen molar-refractivity contribution in [3.05, 3.63) is 78.0 Å². The van der Waals surface area contributed by atoms with Crippen LogP contribution in [0.25, 0.3) is 11.3 Å². The molecular weight excluding hydrogens is 344 g/mol. The van der Waals surface area contributed by atoms with Crippen LogP contribution in [-0.4, -0.2) is 34.7 Å². The van der Waals surface area contributed by atoms with E-state index < -0.39 is 0 Å². The Morgan fingerprint density at radius 1 is 1.00 bits per heavy atom. The molecule has 4 rings (SSSR count). The lowest BCUT2D eigenvalue weighted by molar-refractivity contribution is 0.313. The number of rotatable bonds is 5. The molecule has 2 atom stereocenters. The molecule has 2 aromatic carbocycles. The van der Waals surface area contributed by atoms with Gasteiger partial charge in [0.1, 0.15) is 0 Å². The lowest BCUT2D eigenvalue weighted by Crippen LogP contribution is -2.23. The number of nitrogens with zero attached hydrogens (tertiary/aromatic N) is 2. The van der Waals surface area contributed by atoms with Crippen LogP contribution < -0.4 is 5.73 Å². The molecule has 5 heteroatoms. The minimum absolute atomic E-state index is 0. The van der Waals surface area contributed by atoms with Crippen molar-refractivity contribution in [2.24, 2.45) is 11.7 Å². The first-order valence-corrected chi connectivity index (χ1v) is 8.90. The molecule has 0 amide bonds. The van der Waals surface area contributed by atoms with E-state index in [9.17, 15) is 0 Å². The number of hydrogen-bond acceptors (Lipinski definition) is 3. The second-order valence-electron chi connectivity index (χ2n) is 6.85. The second kappa shape index (κ2) is 8.49. The number of aromatic nitrogens is 2. The molecule has 26 heavy (non-hydrogen) atoms. The average molecular weight is 369 g/mol. The van der Waals surface area contributed by atoms with Gasteiger partial charge >= 0.3 is 0 Å². The van der Waals surface area contributed by atoms with Gasteiger partial charge in [-0.25, -0.2) is 0 Å². The van der Waals surface area contributed by atoms with E-state index in [-0.39, 0.29) is 12.4 Å². The summed E-state index contributed by atoms with van der Waals surface area (Å²) in [5.41, 5.74) is 10.8. The number of hydrogen-bond donors (Lipinski definition) is 2. The van der Waals surface area contributed by atoms with Gasteiger partial charge < -0.3 is 5.73 Å². The summed E-state index contributed by atoms with van der Waals surface area (Å²) in [6.07, 6.45) is 0. The standard InChI is InChI=1S/C21H24N4.ClH/c22-12-18-13-25(15-20(18)16-7-3-1-4-8-16)14-19-11-21(24-23-19)17-9-5-2-6-10-17;/h1-11,18,20H,12-15,22H2,(H,23,24);1H/t18-,20+;/m1./s1. The van der Waals surface area contributed by atoms with Crippen LogP contribution in [0.2, 0.25) is 0 Å². The molecule has 3 N–H and O–H groups in total. The maximum absolute atomic E-state index is 6.05. The Bertz CT molecular complexity index is 803. The molecule has 1 aromatic heterocycles. The summed E-state index contributed by atoms with van der Waals surface area (Å²) in [6, 6.07) is 23.2. The average Bonchev–Trinajstić information content (AvgIpc) is 3.30. The highest BCUT2D eigenvalue weighted by atomic mass is 35.5. The minimum Gasteiger partial charge on any atom is -0.330 e. The number of halogens is 1. The van der Waals surface area contributed by atoms with Crippen molar-refractivity contribution < 1.29 is 0 Å². The Balaban J connectivity index is 0.00000196. The molecule has 1 aliphatic rings. The number of likely N-dealkylation sites (tertiary alicyclic amines) is 1. The fraction of sp³-hybridized carbons (Fsp3) is 0.286. The second-order valence-corrected chi connectivity index (χ2v) is 6.85. The Morgan fingerprint density at radius 2 is 1.69 bits per heavy atom. The van der Waals surface area contributed by atoms with Gasteiger partial charge in [-0.05, 0) is 24.1 Å². The molecule has 0 bridgehead atoms. The number of H-pyrrole nitrogens is 1. The molecule has 2 heterocycles. The lowest BCUT2D eigenvalue weighted by Gasteiger charge is -2.16. The third-order valence-corrected chi connectivity index (χ3v) is 5.14. The maximum Gasteiger partial charge on any atom is 0.0924 e. The summed E-state index contributed by atoms with van der Waals surface area (Å²) < 4.78 is 0. The molecule has 3 aromatic rings. The quantitative estimate of drug-likeness (QED) is 0.722. The zero-order valence-electron chi connectivity index (χ0n) is 14.7. The summed E-state index contributed by atoms with van der Waals surface area (Å²) in [6.45, 7) is 3.70. The highest BCUT2D eigenvalue weighted by Gasteiger charge is 2.32. The van der Waals surface area contributed by atoms with Crippen LogP contribution in [0.3, 0.4) is 0 Å². The van der Waals surface area contributed by atoms with Gasteiger partial charge in [0.2, 0.25) is 0 Å². The van der Waals surface area contributed by atoms with E-state index in [1.54, 1.807) is 0 Å². The predicted octanol–water partition coefficient (Wildman–Crippen LogP) is 3.67. The van der Waals surface area contributed by atoms with Crippen molar-refractivity contribution in [2.75, 3.05) is 19.6 Å². The third kappa shape index (κ3) is 3.98. The summed E-state index contributed by atoms with van der Waals surface area (Å²) in [7, 11) is 0. The van der Waals surface area contributed by atoms with Gasteiger partial charge in [0, 0.05) is 36.8 Å². The summed E-state index contributed by atoms with van der Waals surface area (Å²) in [5, 5.41) is 7.66. The van der Waals surface area contributed by atoms with Crippen LogP contribution in [0.1, 0.15) is 17.2 Å². The molecule has 0 radical (unpaired) electrons. The summed E-state index contributed by atoms with van der Waals surface area (Å²) >= 11 is 0. The number of nitrogens with one attached hydrogen (secondary N) is 1. The molecule has 1 saturated heterocycles. The number of aromatic amines is 1. The van der Waals surface area contributed by atoms with Crippen LogP contribution in [0.4, 0.5) is 0 Å². The Kier molecular flexibility index (Phi) is 6.09. The van der Waals surface area contributed by atoms with Gasteiger partial charge in [0.25, 0.3) is 0 Å². The van der Waals surface area contributed by atoms with Gasteiger partial charge in [0.05, 0.1) is 5.69 Å². The van der Waals surface area contributed by atoms with E-state index in [1.165, 1.54) is 5.56 Å². The zero-order valence-corrected chi connectivity index (χ0v) is 15.5. The Labute approximate surface area is 160 Å². The first-order chi connectivity index (χ1) is 12.3. The van der Waals surface area contributed by atoms with Crippen LogP contribution >= 0.6 is 12.4 Å². The number of benzene rings is 2. The number of nitrogens with two attached hydrogens (primary N) is 1. The first-order valence-electron chi connectivity index (χ1n) is 8.90. The van der Waals surface area contributed by atoms with E-state index in [1.807, 2.05) is 18.2 Å². The molecular formula is C21H25ClN4. The van der Waals surface area contributed by atoms with Crippen molar-refractivity contribution >= 4 is 12.4 Å². The third-order valence-electron chi connectivity index (χ3n) is 5.14. The SMILES string of the molecule is Cl.NC[C@@H]1CN(Cc2cc(-c3ccccc3)n[nH]2)C[C@H]1c1ccccc1. The molecule has 0 unspecified atom stereocenters. The molecule has 4 nitrogen and oxygen atoms in total. The summed E-state index contributed by atoms with van der Waals surface area (Å²) in [4.78, 5) is 2.48. The van der Waals surface area contributed by atoms with Crippen molar-refractivity contribution in [3.8, 4) is 11.3 Å². The smallest absolute Gasteiger partial charge is 0.0924 e. The van der Waals surface area contributed by atoms with Crippen LogP contribution in [0.15, 0.2) is 66.7 Å². The Hall–Kier alpha value is -2.14. The van der Waals surface area contributed by atoms with Gasteiger partial charge in [-0.2, -0.15) is 5.10 Å². The van der Waals surface area contributed by atoms with Crippen LogP contribution in [0.5, 0.6) is 0 Å². The highest BCUT2D eigenvalue weighted by Crippen LogP contribution is 2.32. The fourth-order valence-electron chi connectivity index (χ4n) is 3.85. The van der Waals surface area contributed by atoms with E-state index in [4.69, 9.17) is 5.73 Å². The van der Waals surface area contributed by atoms with Crippen LogP contribution in [0, 0.1) is 5.92 Å². The maximum atomic E-state index is 6.05. The first kappa shape index (κ1) is 18.6. The minimum atomic E-state index is 0. The van der Waals surface area contributed by atoms with Crippen molar-refractivity contribution in [1.82, 2.24) is 15.1 Å². The molecule has 0 aliphatic carbocycles. The van der Waals surface area contributed by atoms with E-state index in [2.05, 4.69) is 63.6 Å². The molecule has 0 saturated carbocycles. The highest BCUT2D eigenvalue weighted by molar-refractivity contribution is 5.85. The van der Waals surface area contributed by atoms with E-state index in [0.29, 0.717) is 11.8 Å². The van der Waals surface area contributed by atoms with E-state index in [0.717, 1.165) is 43.1 Å². The van der Waals surface area contributed by atoms with Crippen molar-refractivity contribution in [2.45, 2.75) is 12.5 Å². The van der Waals surface area contributed by atoms with Gasteiger partial charge in [0.15, 0.2) is 0 Å². The molecule has 136 valence electrons. The fourth-order valence-corrected chi connectivity index (χ4v) is 3.85. The van der Waals surface area contributed by atoms with Crippen molar-refractivity contribution in [3.63, 3.8) is 0 Å².